The highest BCUT2D eigenvalue weighted by Crippen LogP contribution is 2.40. The number of nitrogens with two attached hydrogens (primary N) is 1. The molecule has 1 fully saturated rings. The summed E-state index contributed by atoms with van der Waals surface area (Å²) in [5, 5.41) is 0. The van der Waals surface area contributed by atoms with Crippen LogP contribution in [0.1, 0.15) is 39.0 Å². The molecule has 0 aromatic rings. The van der Waals surface area contributed by atoms with Crippen LogP contribution in [0.5, 0.6) is 0 Å². The van der Waals surface area contributed by atoms with Crippen LogP contribution < -0.4 is 5.73 Å². The Morgan fingerprint density at radius 3 is 2.62 bits per heavy atom. The van der Waals surface area contributed by atoms with Crippen molar-refractivity contribution >= 4 is 0 Å². The van der Waals surface area contributed by atoms with Crippen molar-refractivity contribution < 1.29 is 17.9 Å². The lowest BCUT2D eigenvalue weighted by atomic mass is 9.84. The predicted octanol–water partition coefficient (Wildman–Crippen LogP) is 2.86. The molecular weight excluding hydrogens is 219 g/mol. The minimum Gasteiger partial charge on any atom is -0.372 e. The van der Waals surface area contributed by atoms with E-state index in [-0.39, 0.29) is 18.1 Å². The summed E-state index contributed by atoms with van der Waals surface area (Å²) < 4.78 is 39.9. The van der Waals surface area contributed by atoms with Crippen molar-refractivity contribution in [2.24, 2.45) is 11.1 Å². The minimum absolute atomic E-state index is 0.185. The second-order valence-electron chi connectivity index (χ2n) is 5.08. The van der Waals surface area contributed by atoms with Crippen LogP contribution in [0, 0.1) is 5.41 Å². The molecule has 1 aliphatic rings. The molecule has 0 spiro atoms. The van der Waals surface area contributed by atoms with Crippen LogP contribution in [0.4, 0.5) is 13.2 Å². The Bertz CT molecular complexity index is 220. The molecular formula is C11H20F3NO. The quantitative estimate of drug-likeness (QED) is 0.749. The number of halogens is 3. The van der Waals surface area contributed by atoms with Crippen LogP contribution in [0.3, 0.4) is 0 Å². The fourth-order valence-corrected chi connectivity index (χ4v) is 2.39. The minimum atomic E-state index is -4.21. The van der Waals surface area contributed by atoms with Gasteiger partial charge in [0.15, 0.2) is 0 Å². The first-order valence-corrected chi connectivity index (χ1v) is 5.71. The van der Waals surface area contributed by atoms with E-state index in [0.29, 0.717) is 6.42 Å². The van der Waals surface area contributed by atoms with Crippen LogP contribution in [-0.4, -0.2) is 25.4 Å². The summed E-state index contributed by atoms with van der Waals surface area (Å²) in [4.78, 5) is 0. The highest BCUT2D eigenvalue weighted by atomic mass is 19.4. The van der Waals surface area contributed by atoms with Gasteiger partial charge in [0.25, 0.3) is 0 Å². The van der Waals surface area contributed by atoms with E-state index in [1.807, 2.05) is 0 Å². The Kier molecular flexibility index (Phi) is 4.62. The van der Waals surface area contributed by atoms with E-state index >= 15 is 0 Å². The second-order valence-corrected chi connectivity index (χ2v) is 5.08. The third-order valence-electron chi connectivity index (χ3n) is 3.21. The van der Waals surface area contributed by atoms with Crippen molar-refractivity contribution in [2.45, 2.75) is 51.2 Å². The van der Waals surface area contributed by atoms with Gasteiger partial charge in [0.1, 0.15) is 6.61 Å². The monoisotopic (exact) mass is 239 g/mol. The molecule has 1 saturated carbocycles. The zero-order chi connectivity index (χ0) is 12.2. The number of rotatable bonds is 5. The average Bonchev–Trinajstić information content (AvgIpc) is 2.44. The molecule has 1 rings (SSSR count). The van der Waals surface area contributed by atoms with Gasteiger partial charge < -0.3 is 10.5 Å². The van der Waals surface area contributed by atoms with Crippen LogP contribution in [0.25, 0.3) is 0 Å². The van der Waals surface area contributed by atoms with Crippen LogP contribution in [0.15, 0.2) is 0 Å². The second kappa shape index (κ2) is 5.36. The van der Waals surface area contributed by atoms with Gasteiger partial charge in [-0.1, -0.05) is 6.92 Å². The SMILES string of the molecule is CC1(CCCOCC(F)(F)F)CCC(N)C1. The van der Waals surface area contributed by atoms with Gasteiger partial charge in [-0.15, -0.1) is 0 Å². The van der Waals surface area contributed by atoms with Gasteiger partial charge in [0, 0.05) is 12.6 Å². The zero-order valence-electron chi connectivity index (χ0n) is 9.65. The summed E-state index contributed by atoms with van der Waals surface area (Å²) in [5.74, 6) is 0. The normalized spacial score (nSPS) is 30.9. The molecule has 16 heavy (non-hydrogen) atoms. The maximum Gasteiger partial charge on any atom is 0.411 e. The number of hydrogen-bond acceptors (Lipinski definition) is 2. The smallest absolute Gasteiger partial charge is 0.372 e. The van der Waals surface area contributed by atoms with Gasteiger partial charge in [-0.3, -0.25) is 0 Å². The lowest BCUT2D eigenvalue weighted by Crippen LogP contribution is -2.20. The van der Waals surface area contributed by atoms with Crippen molar-refractivity contribution in [3.8, 4) is 0 Å². The Morgan fingerprint density at radius 1 is 1.44 bits per heavy atom. The zero-order valence-corrected chi connectivity index (χ0v) is 9.65. The summed E-state index contributed by atoms with van der Waals surface area (Å²) in [5.41, 5.74) is 6.03. The van der Waals surface area contributed by atoms with Crippen molar-refractivity contribution in [1.82, 2.24) is 0 Å². The molecule has 2 unspecified atom stereocenters. The summed E-state index contributed by atoms with van der Waals surface area (Å²) in [6.07, 6.45) is 0.455. The van der Waals surface area contributed by atoms with E-state index < -0.39 is 12.8 Å². The van der Waals surface area contributed by atoms with Crippen LogP contribution >= 0.6 is 0 Å². The van der Waals surface area contributed by atoms with E-state index in [4.69, 9.17) is 5.73 Å². The van der Waals surface area contributed by atoms with E-state index in [1.165, 1.54) is 0 Å². The molecule has 0 heterocycles. The average molecular weight is 239 g/mol. The lowest BCUT2D eigenvalue weighted by molar-refractivity contribution is -0.174. The molecule has 0 radical (unpaired) electrons. The molecule has 0 aromatic carbocycles. The number of alkyl halides is 3. The Hall–Kier alpha value is -0.290. The molecule has 2 N–H and O–H groups in total. The Morgan fingerprint density at radius 2 is 2.12 bits per heavy atom. The molecule has 0 amide bonds. The first-order valence-electron chi connectivity index (χ1n) is 5.71. The first kappa shape index (κ1) is 13.8. The molecule has 2 nitrogen and oxygen atoms in total. The van der Waals surface area contributed by atoms with Gasteiger partial charge in [0.2, 0.25) is 0 Å². The van der Waals surface area contributed by atoms with Crippen LogP contribution in [-0.2, 0) is 4.74 Å². The lowest BCUT2D eigenvalue weighted by Gasteiger charge is -2.23. The maximum atomic E-state index is 11.8. The van der Waals surface area contributed by atoms with Gasteiger partial charge in [-0.25, -0.2) is 0 Å². The van der Waals surface area contributed by atoms with Gasteiger partial charge in [-0.05, 0) is 37.5 Å². The summed E-state index contributed by atoms with van der Waals surface area (Å²) in [7, 11) is 0. The van der Waals surface area contributed by atoms with Gasteiger partial charge in [0.05, 0.1) is 0 Å². The third-order valence-corrected chi connectivity index (χ3v) is 3.21. The predicted molar refractivity (Wildman–Crippen MR) is 56.0 cm³/mol. The van der Waals surface area contributed by atoms with Gasteiger partial charge in [-0.2, -0.15) is 13.2 Å². The molecule has 2 atom stereocenters. The van der Waals surface area contributed by atoms with Gasteiger partial charge >= 0.3 is 6.18 Å². The highest BCUT2D eigenvalue weighted by Gasteiger charge is 2.33. The fourth-order valence-electron chi connectivity index (χ4n) is 2.39. The topological polar surface area (TPSA) is 35.2 Å². The Balaban J connectivity index is 2.07. The number of hydrogen-bond donors (Lipinski definition) is 1. The van der Waals surface area contributed by atoms with Crippen molar-refractivity contribution in [1.29, 1.82) is 0 Å². The molecule has 0 saturated heterocycles. The summed E-state index contributed by atoms with van der Waals surface area (Å²) in [6.45, 7) is 1.21. The van der Waals surface area contributed by atoms with Crippen molar-refractivity contribution in [3.63, 3.8) is 0 Å². The molecule has 5 heteroatoms. The summed E-state index contributed by atoms with van der Waals surface area (Å²) in [6, 6.07) is 0.265. The molecule has 96 valence electrons. The summed E-state index contributed by atoms with van der Waals surface area (Å²) >= 11 is 0. The van der Waals surface area contributed by atoms with Crippen LogP contribution in [0.2, 0.25) is 0 Å². The fraction of sp³-hybridized carbons (Fsp3) is 1.00. The Labute approximate surface area is 94.3 Å². The molecule has 0 aromatic heterocycles. The number of ether oxygens (including phenoxy) is 1. The third kappa shape index (κ3) is 5.16. The van der Waals surface area contributed by atoms with E-state index in [2.05, 4.69) is 11.7 Å². The molecule has 0 bridgehead atoms. The van der Waals surface area contributed by atoms with E-state index in [9.17, 15) is 13.2 Å². The molecule has 0 aliphatic heterocycles. The highest BCUT2D eigenvalue weighted by molar-refractivity contribution is 4.87. The standard InChI is InChI=1S/C11H20F3NO/c1-10(5-3-9(15)7-10)4-2-6-16-8-11(12,13)14/h9H,2-8,15H2,1H3. The van der Waals surface area contributed by atoms with E-state index in [0.717, 1.165) is 25.7 Å². The largest absolute Gasteiger partial charge is 0.411 e. The molecule has 1 aliphatic carbocycles. The first-order chi connectivity index (χ1) is 7.31. The maximum absolute atomic E-state index is 11.8. The van der Waals surface area contributed by atoms with Crippen molar-refractivity contribution in [3.05, 3.63) is 0 Å². The van der Waals surface area contributed by atoms with E-state index in [1.54, 1.807) is 0 Å². The van der Waals surface area contributed by atoms with Crippen molar-refractivity contribution in [2.75, 3.05) is 13.2 Å².